The molecule has 0 aliphatic rings. The predicted octanol–water partition coefficient (Wildman–Crippen LogP) is 3.63. The molecule has 2 nitrogen and oxygen atoms in total. The second kappa shape index (κ2) is 8.07. The molecule has 0 amide bonds. The number of rotatable bonds is 8. The van der Waals surface area contributed by atoms with E-state index in [-0.39, 0.29) is 12.4 Å². The first kappa shape index (κ1) is 14.0. The van der Waals surface area contributed by atoms with Crippen molar-refractivity contribution >= 4 is 0 Å². The summed E-state index contributed by atoms with van der Waals surface area (Å²) >= 11 is 0. The SMILES string of the molecule is CCCCCCCOc1ccc(CN)c(F)c1. The maximum atomic E-state index is 13.4. The second-order valence-corrected chi connectivity index (χ2v) is 4.22. The van der Waals surface area contributed by atoms with E-state index in [2.05, 4.69) is 6.92 Å². The highest BCUT2D eigenvalue weighted by Crippen LogP contribution is 2.16. The summed E-state index contributed by atoms with van der Waals surface area (Å²) < 4.78 is 18.9. The molecule has 0 unspecified atom stereocenters. The van der Waals surface area contributed by atoms with Crippen molar-refractivity contribution in [2.45, 2.75) is 45.6 Å². The van der Waals surface area contributed by atoms with Gasteiger partial charge in [0.05, 0.1) is 6.61 Å². The molecule has 0 aromatic heterocycles. The molecular weight excluding hydrogens is 217 g/mol. The van der Waals surface area contributed by atoms with Gasteiger partial charge in [0.15, 0.2) is 0 Å². The summed E-state index contributed by atoms with van der Waals surface area (Å²) in [5.74, 6) is 0.311. The molecule has 0 saturated carbocycles. The van der Waals surface area contributed by atoms with Gasteiger partial charge in [-0.25, -0.2) is 4.39 Å². The standard InChI is InChI=1S/C14H22FNO/c1-2-3-4-5-6-9-17-13-8-7-12(11-16)14(15)10-13/h7-8,10H,2-6,9,11,16H2,1H3. The minimum Gasteiger partial charge on any atom is -0.493 e. The summed E-state index contributed by atoms with van der Waals surface area (Å²) in [6, 6.07) is 4.87. The molecule has 1 aromatic carbocycles. The van der Waals surface area contributed by atoms with Crippen molar-refractivity contribution in [1.82, 2.24) is 0 Å². The highest BCUT2D eigenvalue weighted by molar-refractivity contribution is 5.28. The van der Waals surface area contributed by atoms with Gasteiger partial charge in [-0.2, -0.15) is 0 Å². The number of hydrogen-bond acceptors (Lipinski definition) is 2. The Morgan fingerprint density at radius 3 is 2.59 bits per heavy atom. The van der Waals surface area contributed by atoms with Crippen molar-refractivity contribution in [3.8, 4) is 5.75 Å². The fourth-order valence-electron chi connectivity index (χ4n) is 1.68. The van der Waals surface area contributed by atoms with E-state index in [4.69, 9.17) is 10.5 Å². The van der Waals surface area contributed by atoms with Crippen molar-refractivity contribution < 1.29 is 9.13 Å². The van der Waals surface area contributed by atoms with Crippen LogP contribution in [0.1, 0.15) is 44.6 Å². The minimum atomic E-state index is -0.281. The van der Waals surface area contributed by atoms with Gasteiger partial charge in [-0.15, -0.1) is 0 Å². The Balaban J connectivity index is 2.25. The molecule has 1 aromatic rings. The Morgan fingerprint density at radius 1 is 1.18 bits per heavy atom. The van der Waals surface area contributed by atoms with E-state index in [1.807, 2.05) is 0 Å². The summed E-state index contributed by atoms with van der Waals surface area (Å²) in [7, 11) is 0. The van der Waals surface area contributed by atoms with Crippen LogP contribution >= 0.6 is 0 Å². The zero-order valence-electron chi connectivity index (χ0n) is 10.5. The predicted molar refractivity (Wildman–Crippen MR) is 68.5 cm³/mol. The van der Waals surface area contributed by atoms with Crippen LogP contribution in [0.3, 0.4) is 0 Å². The van der Waals surface area contributed by atoms with Crippen LogP contribution in [-0.4, -0.2) is 6.61 Å². The maximum absolute atomic E-state index is 13.4. The van der Waals surface area contributed by atoms with Crippen LogP contribution in [0.4, 0.5) is 4.39 Å². The summed E-state index contributed by atoms with van der Waals surface area (Å²) in [6.45, 7) is 3.08. The smallest absolute Gasteiger partial charge is 0.131 e. The van der Waals surface area contributed by atoms with Gasteiger partial charge in [-0.05, 0) is 12.5 Å². The molecule has 2 N–H and O–H groups in total. The molecule has 0 bridgehead atoms. The van der Waals surface area contributed by atoms with Crippen molar-refractivity contribution in [2.75, 3.05) is 6.61 Å². The summed E-state index contributed by atoms with van der Waals surface area (Å²) in [4.78, 5) is 0. The quantitative estimate of drug-likeness (QED) is 0.703. The lowest BCUT2D eigenvalue weighted by atomic mass is 10.2. The van der Waals surface area contributed by atoms with Crippen LogP contribution in [0.25, 0.3) is 0 Å². The van der Waals surface area contributed by atoms with Gasteiger partial charge < -0.3 is 10.5 Å². The first-order valence-electron chi connectivity index (χ1n) is 6.39. The molecule has 0 atom stereocenters. The third-order valence-corrected chi connectivity index (χ3v) is 2.76. The van der Waals surface area contributed by atoms with E-state index in [1.54, 1.807) is 12.1 Å². The molecule has 3 heteroatoms. The van der Waals surface area contributed by atoms with Gasteiger partial charge in [-0.3, -0.25) is 0 Å². The number of ether oxygens (including phenoxy) is 1. The highest BCUT2D eigenvalue weighted by atomic mass is 19.1. The summed E-state index contributed by atoms with van der Waals surface area (Å²) in [6.07, 6.45) is 5.98. The fourth-order valence-corrected chi connectivity index (χ4v) is 1.68. The van der Waals surface area contributed by atoms with E-state index < -0.39 is 0 Å². The number of halogens is 1. The van der Waals surface area contributed by atoms with Gasteiger partial charge in [0.25, 0.3) is 0 Å². The molecule has 0 aliphatic heterocycles. The molecule has 0 fully saturated rings. The zero-order valence-corrected chi connectivity index (χ0v) is 10.5. The van der Waals surface area contributed by atoms with Gasteiger partial charge in [-0.1, -0.05) is 38.7 Å². The number of hydrogen-bond donors (Lipinski definition) is 1. The third kappa shape index (κ3) is 5.18. The van der Waals surface area contributed by atoms with Crippen LogP contribution in [0.15, 0.2) is 18.2 Å². The molecule has 17 heavy (non-hydrogen) atoms. The molecule has 0 radical (unpaired) electrons. The number of unbranched alkanes of at least 4 members (excludes halogenated alkanes) is 4. The van der Waals surface area contributed by atoms with Crippen molar-refractivity contribution in [3.63, 3.8) is 0 Å². The normalized spacial score (nSPS) is 10.5. The van der Waals surface area contributed by atoms with Crippen LogP contribution < -0.4 is 10.5 Å². The minimum absolute atomic E-state index is 0.225. The van der Waals surface area contributed by atoms with E-state index >= 15 is 0 Å². The van der Waals surface area contributed by atoms with Gasteiger partial charge in [0, 0.05) is 18.2 Å². The Bertz CT molecular complexity index is 328. The van der Waals surface area contributed by atoms with Gasteiger partial charge >= 0.3 is 0 Å². The lowest BCUT2D eigenvalue weighted by Crippen LogP contribution is -2.02. The Labute approximate surface area is 103 Å². The van der Waals surface area contributed by atoms with Crippen molar-refractivity contribution in [1.29, 1.82) is 0 Å². The van der Waals surface area contributed by atoms with Crippen molar-refractivity contribution in [3.05, 3.63) is 29.6 Å². The third-order valence-electron chi connectivity index (χ3n) is 2.76. The first-order valence-corrected chi connectivity index (χ1v) is 6.39. The van der Waals surface area contributed by atoms with Gasteiger partial charge in [0.2, 0.25) is 0 Å². The number of nitrogens with two attached hydrogens (primary N) is 1. The maximum Gasteiger partial charge on any atom is 0.131 e. The summed E-state index contributed by atoms with van der Waals surface area (Å²) in [5.41, 5.74) is 5.92. The van der Waals surface area contributed by atoms with Crippen LogP contribution in [0.5, 0.6) is 5.75 Å². The average Bonchev–Trinajstić information content (AvgIpc) is 2.34. The van der Waals surface area contributed by atoms with Crippen LogP contribution in [0, 0.1) is 5.82 Å². The first-order chi connectivity index (χ1) is 8.27. The molecular formula is C14H22FNO. The molecule has 1 rings (SSSR count). The van der Waals surface area contributed by atoms with E-state index in [9.17, 15) is 4.39 Å². The van der Waals surface area contributed by atoms with Gasteiger partial charge in [0.1, 0.15) is 11.6 Å². The van der Waals surface area contributed by atoms with Crippen LogP contribution in [0.2, 0.25) is 0 Å². The fraction of sp³-hybridized carbons (Fsp3) is 0.571. The molecule has 0 aliphatic carbocycles. The Kier molecular flexibility index (Phi) is 6.63. The second-order valence-electron chi connectivity index (χ2n) is 4.22. The van der Waals surface area contributed by atoms with E-state index in [0.717, 1.165) is 6.42 Å². The Morgan fingerprint density at radius 2 is 1.94 bits per heavy atom. The topological polar surface area (TPSA) is 35.2 Å². The zero-order chi connectivity index (χ0) is 12.5. The number of benzene rings is 1. The lowest BCUT2D eigenvalue weighted by molar-refractivity contribution is 0.303. The molecule has 96 valence electrons. The monoisotopic (exact) mass is 239 g/mol. The summed E-state index contributed by atoms with van der Waals surface area (Å²) in [5, 5.41) is 0. The highest BCUT2D eigenvalue weighted by Gasteiger charge is 2.02. The average molecular weight is 239 g/mol. The van der Waals surface area contributed by atoms with E-state index in [0.29, 0.717) is 17.9 Å². The van der Waals surface area contributed by atoms with E-state index in [1.165, 1.54) is 31.7 Å². The molecule has 0 saturated heterocycles. The largest absolute Gasteiger partial charge is 0.493 e. The molecule has 0 heterocycles. The van der Waals surface area contributed by atoms with Crippen molar-refractivity contribution in [2.24, 2.45) is 5.73 Å². The molecule has 0 spiro atoms. The lowest BCUT2D eigenvalue weighted by Gasteiger charge is -2.07. The Hall–Kier alpha value is -1.09. The van der Waals surface area contributed by atoms with Crippen LogP contribution in [-0.2, 0) is 6.54 Å².